The van der Waals surface area contributed by atoms with E-state index in [1.807, 2.05) is 6.92 Å². The third kappa shape index (κ3) is 4.21. The van der Waals surface area contributed by atoms with Crippen LogP contribution in [0.3, 0.4) is 0 Å². The van der Waals surface area contributed by atoms with Crippen LogP contribution in [0.4, 0.5) is 4.39 Å². The quantitative estimate of drug-likeness (QED) is 0.791. The number of benzene rings is 2. The van der Waals surface area contributed by atoms with Crippen LogP contribution in [0.15, 0.2) is 42.5 Å². The largest absolute Gasteiger partial charge is 0.494 e. The maximum Gasteiger partial charge on any atom is 0.488 e. The van der Waals surface area contributed by atoms with Crippen molar-refractivity contribution >= 4 is 12.6 Å². The summed E-state index contributed by atoms with van der Waals surface area (Å²) in [6, 6.07) is 11.1. The summed E-state index contributed by atoms with van der Waals surface area (Å²) in [5.74, 6) is 0.813. The number of ether oxygens (including phenoxy) is 2. The van der Waals surface area contributed by atoms with Crippen molar-refractivity contribution in [2.45, 2.75) is 13.5 Å². The summed E-state index contributed by atoms with van der Waals surface area (Å²) in [5, 5.41) is 17.9. The van der Waals surface area contributed by atoms with Crippen molar-refractivity contribution in [2.75, 3.05) is 6.61 Å². The molecule has 0 fully saturated rings. The molecule has 2 rings (SSSR count). The lowest BCUT2D eigenvalue weighted by atomic mass is 9.80. The van der Waals surface area contributed by atoms with Gasteiger partial charge < -0.3 is 19.5 Å². The highest BCUT2D eigenvalue weighted by Gasteiger charge is 2.13. The number of hydrogen-bond acceptors (Lipinski definition) is 4. The van der Waals surface area contributed by atoms with E-state index in [-0.39, 0.29) is 12.1 Å². The van der Waals surface area contributed by atoms with Gasteiger partial charge in [-0.1, -0.05) is 12.1 Å². The van der Waals surface area contributed by atoms with Gasteiger partial charge >= 0.3 is 7.12 Å². The number of hydrogen-bond donors (Lipinski definition) is 2. The van der Waals surface area contributed by atoms with E-state index < -0.39 is 12.9 Å². The molecule has 2 aromatic carbocycles. The molecule has 21 heavy (non-hydrogen) atoms. The molecule has 0 aliphatic carbocycles. The van der Waals surface area contributed by atoms with Crippen LogP contribution in [0.25, 0.3) is 0 Å². The molecule has 6 heteroatoms. The predicted molar refractivity (Wildman–Crippen MR) is 78.2 cm³/mol. The van der Waals surface area contributed by atoms with Crippen molar-refractivity contribution in [1.29, 1.82) is 0 Å². The molecule has 0 aromatic heterocycles. The molecule has 0 bridgehead atoms. The smallest absolute Gasteiger partial charge is 0.488 e. The van der Waals surface area contributed by atoms with E-state index >= 15 is 0 Å². The van der Waals surface area contributed by atoms with Crippen LogP contribution in [-0.2, 0) is 6.61 Å². The molecule has 0 amide bonds. The minimum atomic E-state index is -1.68. The lowest BCUT2D eigenvalue weighted by Crippen LogP contribution is -2.30. The minimum absolute atomic E-state index is 0.0572. The van der Waals surface area contributed by atoms with Gasteiger partial charge in [-0.15, -0.1) is 0 Å². The van der Waals surface area contributed by atoms with Crippen LogP contribution in [0.1, 0.15) is 12.5 Å². The van der Waals surface area contributed by atoms with Crippen LogP contribution >= 0.6 is 0 Å². The van der Waals surface area contributed by atoms with E-state index in [0.717, 1.165) is 11.8 Å². The molecule has 0 saturated heterocycles. The van der Waals surface area contributed by atoms with Crippen molar-refractivity contribution < 1.29 is 23.9 Å². The Morgan fingerprint density at radius 2 is 1.62 bits per heavy atom. The van der Waals surface area contributed by atoms with E-state index in [4.69, 9.17) is 19.5 Å². The van der Waals surface area contributed by atoms with Gasteiger partial charge in [-0.05, 0) is 42.7 Å². The third-order valence-electron chi connectivity index (χ3n) is 2.90. The fourth-order valence-corrected chi connectivity index (χ4v) is 1.80. The topological polar surface area (TPSA) is 58.9 Å². The van der Waals surface area contributed by atoms with E-state index in [2.05, 4.69) is 0 Å². The van der Waals surface area contributed by atoms with Gasteiger partial charge in [-0.25, -0.2) is 4.39 Å². The maximum atomic E-state index is 13.8. The van der Waals surface area contributed by atoms with Gasteiger partial charge in [0.15, 0.2) is 0 Å². The standard InChI is InChI=1S/C15H16BFO4/c1-2-20-13-5-7-14(8-6-13)21-10-11-3-4-12(16(18)19)9-15(11)17/h3-9,18-19H,2,10H2,1H3. The van der Waals surface area contributed by atoms with Crippen LogP contribution in [0, 0.1) is 5.82 Å². The Labute approximate surface area is 122 Å². The molecule has 0 heterocycles. The first-order valence-corrected chi connectivity index (χ1v) is 6.60. The fourth-order valence-electron chi connectivity index (χ4n) is 1.80. The molecule has 0 radical (unpaired) electrons. The van der Waals surface area contributed by atoms with Crippen molar-refractivity contribution in [1.82, 2.24) is 0 Å². The summed E-state index contributed by atoms with van der Waals surface area (Å²) in [6.45, 7) is 2.55. The molecule has 0 unspecified atom stereocenters. The van der Waals surface area contributed by atoms with Crippen molar-refractivity contribution in [3.63, 3.8) is 0 Å². The van der Waals surface area contributed by atoms with Crippen LogP contribution in [0.2, 0.25) is 0 Å². The summed E-state index contributed by atoms with van der Waals surface area (Å²) in [5.41, 5.74) is 0.450. The molecule has 4 nitrogen and oxygen atoms in total. The van der Waals surface area contributed by atoms with Crippen molar-refractivity contribution in [3.8, 4) is 11.5 Å². The van der Waals surface area contributed by atoms with E-state index in [1.165, 1.54) is 12.1 Å². The second-order valence-corrected chi connectivity index (χ2v) is 4.42. The SMILES string of the molecule is CCOc1ccc(OCc2ccc(B(O)O)cc2F)cc1. The molecule has 0 atom stereocenters. The average molecular weight is 290 g/mol. The Morgan fingerprint density at radius 3 is 2.14 bits per heavy atom. The normalized spacial score (nSPS) is 10.3. The van der Waals surface area contributed by atoms with Crippen molar-refractivity contribution in [2.24, 2.45) is 0 Å². The highest BCUT2D eigenvalue weighted by atomic mass is 19.1. The molecule has 2 N–H and O–H groups in total. The monoisotopic (exact) mass is 290 g/mol. The molecule has 110 valence electrons. The summed E-state index contributed by atoms with van der Waals surface area (Å²) in [4.78, 5) is 0. The van der Waals surface area contributed by atoms with Gasteiger partial charge in [-0.2, -0.15) is 0 Å². The van der Waals surface area contributed by atoms with Gasteiger partial charge in [0, 0.05) is 5.56 Å². The maximum absolute atomic E-state index is 13.8. The zero-order valence-corrected chi connectivity index (χ0v) is 11.6. The predicted octanol–water partition coefficient (Wildman–Crippen LogP) is 1.48. The van der Waals surface area contributed by atoms with Crippen molar-refractivity contribution in [3.05, 3.63) is 53.8 Å². The summed E-state index contributed by atoms with van der Waals surface area (Å²) < 4.78 is 24.6. The fraction of sp³-hybridized carbons (Fsp3) is 0.200. The van der Waals surface area contributed by atoms with E-state index in [9.17, 15) is 4.39 Å². The number of halogens is 1. The molecule has 0 saturated carbocycles. The zero-order chi connectivity index (χ0) is 15.2. The molecular formula is C15H16BFO4. The Bertz CT molecular complexity index is 587. The van der Waals surface area contributed by atoms with Crippen LogP contribution in [0.5, 0.6) is 11.5 Å². The summed E-state index contributed by atoms with van der Waals surface area (Å²) in [6.07, 6.45) is 0. The van der Waals surface area contributed by atoms with Gasteiger partial charge in [0.25, 0.3) is 0 Å². The van der Waals surface area contributed by atoms with Crippen LogP contribution in [-0.4, -0.2) is 23.8 Å². The van der Waals surface area contributed by atoms with E-state index in [1.54, 1.807) is 24.3 Å². The number of rotatable bonds is 6. The van der Waals surface area contributed by atoms with Gasteiger partial charge in [0.1, 0.15) is 23.9 Å². The Hall–Kier alpha value is -2.05. The molecule has 0 spiro atoms. The van der Waals surface area contributed by atoms with E-state index in [0.29, 0.717) is 17.9 Å². The zero-order valence-electron chi connectivity index (χ0n) is 11.6. The lowest BCUT2D eigenvalue weighted by molar-refractivity contribution is 0.298. The average Bonchev–Trinajstić information content (AvgIpc) is 2.47. The Balaban J connectivity index is 1.99. The highest BCUT2D eigenvalue weighted by molar-refractivity contribution is 6.58. The second kappa shape index (κ2) is 7.10. The third-order valence-corrected chi connectivity index (χ3v) is 2.90. The highest BCUT2D eigenvalue weighted by Crippen LogP contribution is 2.19. The lowest BCUT2D eigenvalue weighted by Gasteiger charge is -2.09. The summed E-state index contributed by atoms with van der Waals surface area (Å²) >= 11 is 0. The molecule has 0 aliphatic heterocycles. The summed E-state index contributed by atoms with van der Waals surface area (Å²) in [7, 11) is -1.68. The molecular weight excluding hydrogens is 274 g/mol. The van der Waals surface area contributed by atoms with Crippen LogP contribution < -0.4 is 14.9 Å². The minimum Gasteiger partial charge on any atom is -0.494 e. The van der Waals surface area contributed by atoms with Gasteiger partial charge in [-0.3, -0.25) is 0 Å². The second-order valence-electron chi connectivity index (χ2n) is 4.42. The first-order chi connectivity index (χ1) is 10.1. The van der Waals surface area contributed by atoms with Gasteiger partial charge in [0.05, 0.1) is 6.61 Å². The molecule has 2 aromatic rings. The van der Waals surface area contributed by atoms with Gasteiger partial charge in [0.2, 0.25) is 0 Å². The first-order valence-electron chi connectivity index (χ1n) is 6.60. The first kappa shape index (κ1) is 15.3. The Kier molecular flexibility index (Phi) is 5.19. The molecule has 0 aliphatic rings. The Morgan fingerprint density at radius 1 is 1.00 bits per heavy atom.